The van der Waals surface area contributed by atoms with E-state index in [0.717, 1.165) is 12.7 Å². The number of esters is 1. The van der Waals surface area contributed by atoms with Crippen LogP contribution >= 0.6 is 15.9 Å². The maximum atomic E-state index is 10.9. The van der Waals surface area contributed by atoms with Crippen molar-refractivity contribution in [1.82, 2.24) is 0 Å². The normalized spacial score (nSPS) is 13.8. The van der Waals surface area contributed by atoms with Crippen LogP contribution in [-0.4, -0.2) is 39.2 Å². The van der Waals surface area contributed by atoms with Crippen LogP contribution in [0.3, 0.4) is 0 Å². The van der Waals surface area contributed by atoms with Crippen molar-refractivity contribution in [3.8, 4) is 0 Å². The number of hydrogen-bond acceptors (Lipinski definition) is 5. The Labute approximate surface area is 110 Å². The molecule has 17 heavy (non-hydrogen) atoms. The van der Waals surface area contributed by atoms with E-state index in [1.54, 1.807) is 6.08 Å². The highest BCUT2D eigenvalue weighted by molar-refractivity contribution is 9.09. The highest BCUT2D eigenvalue weighted by Gasteiger charge is 2.13. The molecule has 1 atom stereocenters. The van der Waals surface area contributed by atoms with E-state index in [9.17, 15) is 13.2 Å². The maximum Gasteiger partial charge on any atom is 0.330 e. The summed E-state index contributed by atoms with van der Waals surface area (Å²) in [5.74, 6) is -0.394. The number of ether oxygens (including phenoxy) is 1. The molecule has 5 nitrogen and oxygen atoms in total. The summed E-state index contributed by atoms with van der Waals surface area (Å²) in [6, 6.07) is 0. The topological polar surface area (TPSA) is 69.7 Å². The van der Waals surface area contributed by atoms with Crippen LogP contribution in [0.15, 0.2) is 12.2 Å². The lowest BCUT2D eigenvalue weighted by Crippen LogP contribution is -2.18. The van der Waals surface area contributed by atoms with Crippen molar-refractivity contribution >= 4 is 32.0 Å². The molecule has 0 fully saturated rings. The van der Waals surface area contributed by atoms with Gasteiger partial charge in [0, 0.05) is 11.4 Å². The summed E-state index contributed by atoms with van der Waals surface area (Å²) in [6.07, 6.45) is 5.71. The van der Waals surface area contributed by atoms with Crippen molar-refractivity contribution in [2.24, 2.45) is 0 Å². The summed E-state index contributed by atoms with van der Waals surface area (Å²) >= 11 is 3.19. The molecule has 0 amide bonds. The van der Waals surface area contributed by atoms with Crippen LogP contribution in [0, 0.1) is 0 Å². The van der Waals surface area contributed by atoms with Gasteiger partial charge in [0.25, 0.3) is 10.1 Å². The number of halogens is 1. The molecule has 0 aromatic carbocycles. The van der Waals surface area contributed by atoms with Crippen molar-refractivity contribution in [3.05, 3.63) is 12.2 Å². The average molecular weight is 329 g/mol. The first kappa shape index (κ1) is 16.6. The van der Waals surface area contributed by atoms with Crippen LogP contribution in [0.4, 0.5) is 0 Å². The summed E-state index contributed by atoms with van der Waals surface area (Å²) in [5.41, 5.74) is 0. The van der Waals surface area contributed by atoms with Crippen molar-refractivity contribution in [1.29, 1.82) is 0 Å². The van der Waals surface area contributed by atoms with E-state index >= 15 is 0 Å². The fourth-order valence-electron chi connectivity index (χ4n) is 1.11. The lowest BCUT2D eigenvalue weighted by atomic mass is 10.2. The van der Waals surface area contributed by atoms with Gasteiger partial charge in [-0.1, -0.05) is 22.0 Å². The van der Waals surface area contributed by atoms with E-state index in [2.05, 4.69) is 20.7 Å². The molecule has 0 N–H and O–H groups in total. The Kier molecular flexibility index (Phi) is 8.45. The number of methoxy groups -OCH3 is 1. The van der Waals surface area contributed by atoms with E-state index in [4.69, 9.17) is 4.18 Å². The largest absolute Gasteiger partial charge is 0.466 e. The molecule has 0 bridgehead atoms. The minimum atomic E-state index is -3.42. The molecule has 0 spiro atoms. The molecule has 0 aliphatic carbocycles. The molecule has 0 rings (SSSR count). The molecule has 0 aromatic rings. The van der Waals surface area contributed by atoms with Gasteiger partial charge in [-0.25, -0.2) is 4.79 Å². The Morgan fingerprint density at radius 3 is 2.59 bits per heavy atom. The predicted molar refractivity (Wildman–Crippen MR) is 68.5 cm³/mol. The van der Waals surface area contributed by atoms with Gasteiger partial charge >= 0.3 is 5.97 Å². The number of unbranched alkanes of at least 4 members (excludes halogenated alkanes) is 1. The van der Waals surface area contributed by atoms with Crippen LogP contribution in [0.2, 0.25) is 0 Å². The summed E-state index contributed by atoms with van der Waals surface area (Å²) in [6.45, 7) is 0. The lowest BCUT2D eigenvalue weighted by molar-refractivity contribution is -0.134. The number of hydrogen-bond donors (Lipinski definition) is 0. The SMILES string of the molecule is COC(=O)/C=C/CCC[C@@H](CBr)OS(C)(=O)=O. The van der Waals surface area contributed by atoms with Gasteiger partial charge in [0.15, 0.2) is 0 Å². The Balaban J connectivity index is 3.86. The smallest absolute Gasteiger partial charge is 0.330 e. The zero-order valence-electron chi connectivity index (χ0n) is 9.89. The summed E-state index contributed by atoms with van der Waals surface area (Å²) < 4.78 is 31.1. The molecule has 0 saturated carbocycles. The fourth-order valence-corrected chi connectivity index (χ4v) is 2.40. The highest BCUT2D eigenvalue weighted by atomic mass is 79.9. The van der Waals surface area contributed by atoms with Gasteiger partial charge < -0.3 is 4.74 Å². The van der Waals surface area contributed by atoms with Gasteiger partial charge in [0.1, 0.15) is 0 Å². The molecule has 0 saturated heterocycles. The van der Waals surface area contributed by atoms with Crippen molar-refractivity contribution in [3.63, 3.8) is 0 Å². The predicted octanol–water partition coefficient (Wildman–Crippen LogP) is 1.63. The van der Waals surface area contributed by atoms with E-state index < -0.39 is 16.1 Å². The third-order valence-corrected chi connectivity index (χ3v) is 3.18. The zero-order chi connectivity index (χ0) is 13.3. The molecule has 100 valence electrons. The number of carbonyl (C=O) groups excluding carboxylic acids is 1. The van der Waals surface area contributed by atoms with Gasteiger partial charge in [-0.05, 0) is 19.3 Å². The van der Waals surface area contributed by atoms with Crippen molar-refractivity contribution in [2.75, 3.05) is 18.7 Å². The quantitative estimate of drug-likeness (QED) is 0.223. The van der Waals surface area contributed by atoms with Gasteiger partial charge in [-0.3, -0.25) is 4.18 Å². The second-order valence-electron chi connectivity index (χ2n) is 3.43. The van der Waals surface area contributed by atoms with E-state index in [1.807, 2.05) is 0 Å². The Morgan fingerprint density at radius 2 is 2.12 bits per heavy atom. The highest BCUT2D eigenvalue weighted by Crippen LogP contribution is 2.10. The first-order chi connectivity index (χ1) is 7.89. The number of rotatable bonds is 8. The van der Waals surface area contributed by atoms with Crippen molar-refractivity contribution < 1.29 is 22.1 Å². The molecule has 0 radical (unpaired) electrons. The van der Waals surface area contributed by atoms with Crippen LogP contribution in [0.5, 0.6) is 0 Å². The summed E-state index contributed by atoms with van der Waals surface area (Å²) in [5, 5.41) is 0.459. The number of allylic oxidation sites excluding steroid dienone is 1. The Morgan fingerprint density at radius 1 is 1.47 bits per heavy atom. The molecular weight excluding hydrogens is 312 g/mol. The first-order valence-electron chi connectivity index (χ1n) is 5.07. The standard InChI is InChI=1S/C10H17BrO5S/c1-15-10(12)7-5-3-4-6-9(8-11)16-17(2,13)14/h5,7,9H,3-4,6,8H2,1-2H3/b7-5+/t9-/m0/s1. The lowest BCUT2D eigenvalue weighted by Gasteiger charge is -2.12. The number of alkyl halides is 1. The molecule has 0 aliphatic heterocycles. The number of carbonyl (C=O) groups is 1. The average Bonchev–Trinajstić information content (AvgIpc) is 2.25. The molecular formula is C10H17BrO5S. The van der Waals surface area contributed by atoms with Gasteiger partial charge in [-0.2, -0.15) is 8.42 Å². The summed E-state index contributed by atoms with van der Waals surface area (Å²) in [7, 11) is -2.10. The molecule has 0 aromatic heterocycles. The first-order valence-corrected chi connectivity index (χ1v) is 8.01. The van der Waals surface area contributed by atoms with Crippen LogP contribution in [-0.2, 0) is 23.8 Å². The van der Waals surface area contributed by atoms with E-state index in [1.165, 1.54) is 13.2 Å². The van der Waals surface area contributed by atoms with Crippen LogP contribution in [0.25, 0.3) is 0 Å². The Hall–Kier alpha value is -0.400. The molecule has 0 heterocycles. The Bertz CT molecular complexity index is 350. The van der Waals surface area contributed by atoms with E-state index in [0.29, 0.717) is 18.2 Å². The molecule has 7 heteroatoms. The fraction of sp³-hybridized carbons (Fsp3) is 0.700. The maximum absolute atomic E-state index is 10.9. The third-order valence-electron chi connectivity index (χ3n) is 1.83. The zero-order valence-corrected chi connectivity index (χ0v) is 12.3. The van der Waals surface area contributed by atoms with Crippen molar-refractivity contribution in [2.45, 2.75) is 25.4 Å². The van der Waals surface area contributed by atoms with Gasteiger partial charge in [0.05, 0.1) is 19.5 Å². The molecule has 0 aliphatic rings. The van der Waals surface area contributed by atoms with Gasteiger partial charge in [0.2, 0.25) is 0 Å². The monoisotopic (exact) mass is 328 g/mol. The molecule has 0 unspecified atom stereocenters. The summed E-state index contributed by atoms with van der Waals surface area (Å²) in [4.78, 5) is 10.7. The van der Waals surface area contributed by atoms with Gasteiger partial charge in [-0.15, -0.1) is 0 Å². The second kappa shape index (κ2) is 8.66. The minimum absolute atomic E-state index is 0.364. The van der Waals surface area contributed by atoms with Crippen LogP contribution in [0.1, 0.15) is 19.3 Å². The van der Waals surface area contributed by atoms with E-state index in [-0.39, 0.29) is 6.10 Å². The second-order valence-corrected chi connectivity index (χ2v) is 5.68. The minimum Gasteiger partial charge on any atom is -0.466 e. The third kappa shape index (κ3) is 10.5. The van der Waals surface area contributed by atoms with Crippen LogP contribution < -0.4 is 0 Å².